The van der Waals surface area contributed by atoms with Crippen molar-refractivity contribution in [3.05, 3.63) is 84.2 Å². The van der Waals surface area contributed by atoms with Gasteiger partial charge in [0.1, 0.15) is 5.82 Å². The number of halogens is 1. The maximum absolute atomic E-state index is 15.4. The summed E-state index contributed by atoms with van der Waals surface area (Å²) in [7, 11) is 0. The highest BCUT2D eigenvalue weighted by Crippen LogP contribution is 2.35. The van der Waals surface area contributed by atoms with E-state index in [0.717, 1.165) is 47.4 Å². The van der Waals surface area contributed by atoms with Crippen molar-refractivity contribution in [3.63, 3.8) is 0 Å². The van der Waals surface area contributed by atoms with E-state index in [1.54, 1.807) is 0 Å². The molecule has 0 unspecified atom stereocenters. The van der Waals surface area contributed by atoms with Crippen LogP contribution < -0.4 is 0 Å². The fourth-order valence-corrected chi connectivity index (χ4v) is 5.70. The van der Waals surface area contributed by atoms with Crippen LogP contribution in [0.5, 0.6) is 0 Å². The molecule has 180 valence electrons. The Morgan fingerprint density at radius 3 is 2.24 bits per heavy atom. The fraction of sp³-hybridized carbons (Fsp3) is 0.455. The van der Waals surface area contributed by atoms with Crippen LogP contribution in [0.4, 0.5) is 4.39 Å². The molecule has 0 N–H and O–H groups in total. The van der Waals surface area contributed by atoms with E-state index >= 15 is 4.39 Å². The monoisotopic (exact) mass is 456 g/mol. The summed E-state index contributed by atoms with van der Waals surface area (Å²) >= 11 is 0. The Labute approximate surface area is 206 Å². The van der Waals surface area contributed by atoms with Crippen LogP contribution in [0.2, 0.25) is 0 Å². The van der Waals surface area contributed by atoms with Crippen molar-refractivity contribution in [3.8, 4) is 11.1 Å². The van der Waals surface area contributed by atoms with Gasteiger partial charge in [0.2, 0.25) is 0 Å². The summed E-state index contributed by atoms with van der Waals surface area (Å²) in [6.07, 6.45) is 17.5. The molecular formula is C33H41F. The van der Waals surface area contributed by atoms with Crippen molar-refractivity contribution in [2.24, 2.45) is 11.8 Å². The summed E-state index contributed by atoms with van der Waals surface area (Å²) in [4.78, 5) is 0. The van der Waals surface area contributed by atoms with Crippen LogP contribution in [0, 0.1) is 17.7 Å². The molecule has 34 heavy (non-hydrogen) atoms. The molecule has 3 aromatic carbocycles. The van der Waals surface area contributed by atoms with Gasteiger partial charge in [0, 0.05) is 10.9 Å². The Balaban J connectivity index is 1.36. The number of unbranched alkanes of at least 4 members (excludes halogenated alkanes) is 2. The Hall–Kier alpha value is -2.41. The van der Waals surface area contributed by atoms with Crippen molar-refractivity contribution in [1.29, 1.82) is 0 Å². The maximum atomic E-state index is 15.4. The highest BCUT2D eigenvalue weighted by Gasteiger charge is 2.20. The third-order valence-corrected chi connectivity index (χ3v) is 7.94. The quantitative estimate of drug-likeness (QED) is 0.199. The molecule has 0 spiro atoms. The molecule has 4 rings (SSSR count). The lowest BCUT2D eigenvalue weighted by molar-refractivity contribution is 0.249. The van der Waals surface area contributed by atoms with E-state index in [2.05, 4.69) is 43.8 Å². The van der Waals surface area contributed by atoms with E-state index in [0.29, 0.717) is 5.56 Å². The highest BCUT2D eigenvalue weighted by molar-refractivity contribution is 5.88. The molecule has 0 saturated heterocycles. The number of aryl methyl sites for hydroxylation is 2. The van der Waals surface area contributed by atoms with Crippen LogP contribution in [0.1, 0.15) is 82.3 Å². The molecule has 0 bridgehead atoms. The number of hydrogen-bond donors (Lipinski definition) is 0. The largest absolute Gasteiger partial charge is 0.206 e. The third kappa shape index (κ3) is 6.38. The van der Waals surface area contributed by atoms with Gasteiger partial charge in [-0.25, -0.2) is 4.39 Å². The van der Waals surface area contributed by atoms with Crippen LogP contribution >= 0.6 is 0 Å². The Bertz CT molecular complexity index is 1050. The third-order valence-electron chi connectivity index (χ3n) is 7.94. The zero-order chi connectivity index (χ0) is 23.8. The van der Waals surface area contributed by atoms with E-state index in [1.165, 1.54) is 68.9 Å². The summed E-state index contributed by atoms with van der Waals surface area (Å²) in [6, 6.07) is 18.7. The Morgan fingerprint density at radius 1 is 0.824 bits per heavy atom. The van der Waals surface area contributed by atoms with Crippen LogP contribution in [0.15, 0.2) is 67.3 Å². The normalized spacial score (nSPS) is 18.3. The standard InChI is InChI=1S/C33H41F/c1-3-5-7-9-26-10-12-27(13-11-26)14-15-28-18-22-32-30(24-28)21-23-31(33(32)34)29-19-16-25(17-20-29)8-6-4-2/h4,16-24,26-27H,2-3,5-15H2,1H3. The minimum atomic E-state index is -0.107. The molecule has 1 fully saturated rings. The molecule has 0 nitrogen and oxygen atoms in total. The molecule has 1 aliphatic carbocycles. The van der Waals surface area contributed by atoms with Gasteiger partial charge in [0.25, 0.3) is 0 Å². The van der Waals surface area contributed by atoms with Crippen molar-refractivity contribution in [2.45, 2.75) is 84.0 Å². The SMILES string of the molecule is C=CCCc1ccc(-c2ccc3cc(CCC4CCC(CCCCC)CC4)ccc3c2F)cc1. The molecule has 0 radical (unpaired) electrons. The Morgan fingerprint density at radius 2 is 1.53 bits per heavy atom. The first-order valence-electron chi connectivity index (χ1n) is 13.6. The first-order valence-corrected chi connectivity index (χ1v) is 13.6. The maximum Gasteiger partial charge on any atom is 0.138 e. The molecular weight excluding hydrogens is 415 g/mol. The van der Waals surface area contributed by atoms with Crippen LogP contribution in [0.25, 0.3) is 21.9 Å². The van der Waals surface area contributed by atoms with Gasteiger partial charge in [0.05, 0.1) is 0 Å². The molecule has 1 heteroatoms. The lowest BCUT2D eigenvalue weighted by atomic mass is 9.77. The first kappa shape index (κ1) is 24.7. The number of fused-ring (bicyclic) bond motifs is 1. The van der Waals surface area contributed by atoms with Crippen molar-refractivity contribution in [1.82, 2.24) is 0 Å². The topological polar surface area (TPSA) is 0 Å². The smallest absolute Gasteiger partial charge is 0.138 e. The molecule has 0 atom stereocenters. The predicted octanol–water partition coefficient (Wildman–Crippen LogP) is 10.1. The van der Waals surface area contributed by atoms with E-state index in [4.69, 9.17) is 0 Å². The van der Waals surface area contributed by atoms with Crippen molar-refractivity contribution < 1.29 is 4.39 Å². The van der Waals surface area contributed by atoms with E-state index in [1.807, 2.05) is 30.3 Å². The zero-order valence-corrected chi connectivity index (χ0v) is 21.0. The van der Waals surface area contributed by atoms with E-state index in [-0.39, 0.29) is 5.82 Å². The Kier molecular flexibility index (Phi) is 8.97. The molecule has 0 aromatic heterocycles. The molecule has 0 amide bonds. The molecule has 3 aromatic rings. The predicted molar refractivity (Wildman–Crippen MR) is 146 cm³/mol. The summed E-state index contributed by atoms with van der Waals surface area (Å²) in [5.41, 5.74) is 4.23. The van der Waals surface area contributed by atoms with Crippen LogP contribution in [-0.2, 0) is 12.8 Å². The molecule has 0 aliphatic heterocycles. The minimum absolute atomic E-state index is 0.107. The number of rotatable bonds is 11. The van der Waals surface area contributed by atoms with Gasteiger partial charge < -0.3 is 0 Å². The summed E-state index contributed by atoms with van der Waals surface area (Å²) in [5, 5.41) is 1.74. The second-order valence-corrected chi connectivity index (χ2v) is 10.4. The van der Waals surface area contributed by atoms with Gasteiger partial charge in [-0.3, -0.25) is 0 Å². The summed E-state index contributed by atoms with van der Waals surface area (Å²) in [6.45, 7) is 6.08. The van der Waals surface area contributed by atoms with Gasteiger partial charge in [0.15, 0.2) is 0 Å². The lowest BCUT2D eigenvalue weighted by Gasteiger charge is -2.28. The second kappa shape index (κ2) is 12.3. The zero-order valence-electron chi connectivity index (χ0n) is 21.0. The second-order valence-electron chi connectivity index (χ2n) is 10.4. The van der Waals surface area contributed by atoms with Gasteiger partial charge in [-0.05, 0) is 59.6 Å². The van der Waals surface area contributed by atoms with Crippen molar-refractivity contribution in [2.75, 3.05) is 0 Å². The number of allylic oxidation sites excluding steroid dienone is 1. The first-order chi connectivity index (χ1) is 16.7. The van der Waals surface area contributed by atoms with Gasteiger partial charge >= 0.3 is 0 Å². The number of benzene rings is 3. The van der Waals surface area contributed by atoms with Gasteiger partial charge in [-0.1, -0.05) is 119 Å². The molecule has 1 saturated carbocycles. The van der Waals surface area contributed by atoms with Gasteiger partial charge in [-0.2, -0.15) is 0 Å². The average molecular weight is 457 g/mol. The van der Waals surface area contributed by atoms with E-state index in [9.17, 15) is 0 Å². The summed E-state index contributed by atoms with van der Waals surface area (Å²) < 4.78 is 15.4. The van der Waals surface area contributed by atoms with Crippen LogP contribution in [0.3, 0.4) is 0 Å². The van der Waals surface area contributed by atoms with Crippen molar-refractivity contribution >= 4 is 10.8 Å². The molecule has 0 heterocycles. The number of hydrogen-bond acceptors (Lipinski definition) is 0. The summed E-state index contributed by atoms with van der Waals surface area (Å²) in [5.74, 6) is 1.74. The van der Waals surface area contributed by atoms with E-state index < -0.39 is 0 Å². The van der Waals surface area contributed by atoms with Gasteiger partial charge in [-0.15, -0.1) is 6.58 Å². The average Bonchev–Trinajstić information content (AvgIpc) is 2.88. The van der Waals surface area contributed by atoms with Crippen LogP contribution in [-0.4, -0.2) is 0 Å². The fourth-order valence-electron chi connectivity index (χ4n) is 5.70. The lowest BCUT2D eigenvalue weighted by Crippen LogP contribution is -2.15. The highest BCUT2D eigenvalue weighted by atomic mass is 19.1. The molecule has 1 aliphatic rings. The minimum Gasteiger partial charge on any atom is -0.206 e.